The topological polar surface area (TPSA) is 75.1 Å². The number of carbonyl (C=O) groups is 1. The van der Waals surface area contributed by atoms with Gasteiger partial charge in [-0.05, 0) is 41.8 Å². The molecule has 0 spiro atoms. The van der Waals surface area contributed by atoms with Crippen molar-refractivity contribution in [2.45, 2.75) is 45.8 Å². The molecule has 0 fully saturated rings. The summed E-state index contributed by atoms with van der Waals surface area (Å²) in [5.41, 5.74) is 5.69. The van der Waals surface area contributed by atoms with Gasteiger partial charge < -0.3 is 28.4 Å². The van der Waals surface area contributed by atoms with Gasteiger partial charge >= 0.3 is 0 Å². The van der Waals surface area contributed by atoms with Crippen LogP contribution in [0.4, 0.5) is 0 Å². The van der Waals surface area contributed by atoms with Crippen molar-refractivity contribution >= 4 is 5.91 Å². The van der Waals surface area contributed by atoms with Gasteiger partial charge in [-0.15, -0.1) is 0 Å². The Balaban J connectivity index is 1.27. The monoisotopic (exact) mass is 601 g/mol. The van der Waals surface area contributed by atoms with Crippen molar-refractivity contribution in [3.63, 3.8) is 0 Å². The van der Waals surface area contributed by atoms with E-state index in [-0.39, 0.29) is 25.9 Å². The summed E-state index contributed by atoms with van der Waals surface area (Å²) in [5, 5.41) is 0. The van der Waals surface area contributed by atoms with Gasteiger partial charge in [-0.2, -0.15) is 0 Å². The van der Waals surface area contributed by atoms with E-state index in [1.165, 1.54) is 0 Å². The maximum atomic E-state index is 14.5. The first kappa shape index (κ1) is 28.5. The molecular formula is C37H35N3O5. The van der Waals surface area contributed by atoms with E-state index in [1.54, 1.807) is 0 Å². The number of imidazole rings is 1. The van der Waals surface area contributed by atoms with Gasteiger partial charge in [0.2, 0.25) is 19.5 Å². The second kappa shape index (κ2) is 12.8. The fourth-order valence-electron chi connectivity index (χ4n) is 5.86. The molecule has 0 atom stereocenters. The summed E-state index contributed by atoms with van der Waals surface area (Å²) in [6, 6.07) is 32.1. The molecule has 7 rings (SSSR count). The summed E-state index contributed by atoms with van der Waals surface area (Å²) in [4.78, 5) is 21.6. The third-order valence-electron chi connectivity index (χ3n) is 8.18. The lowest BCUT2D eigenvalue weighted by molar-refractivity contribution is -0.131. The predicted octanol–water partition coefficient (Wildman–Crippen LogP) is 7.25. The Bertz CT molecular complexity index is 1740. The Morgan fingerprint density at radius 3 is 1.87 bits per heavy atom. The third-order valence-corrected chi connectivity index (χ3v) is 8.18. The number of hydrogen-bond acceptors (Lipinski definition) is 6. The molecule has 228 valence electrons. The average Bonchev–Trinajstić information content (AvgIpc) is 3.83. The minimum Gasteiger partial charge on any atom is -0.454 e. The fourth-order valence-corrected chi connectivity index (χ4v) is 5.86. The molecule has 45 heavy (non-hydrogen) atoms. The minimum atomic E-state index is -0.000208. The zero-order chi connectivity index (χ0) is 30.6. The second-order valence-corrected chi connectivity index (χ2v) is 11.3. The van der Waals surface area contributed by atoms with Crippen LogP contribution in [-0.4, -0.2) is 33.9 Å². The predicted molar refractivity (Wildman–Crippen MR) is 171 cm³/mol. The number of fused-ring (bicyclic) bond motifs is 2. The summed E-state index contributed by atoms with van der Waals surface area (Å²) < 4.78 is 24.6. The van der Waals surface area contributed by atoms with Gasteiger partial charge in [-0.3, -0.25) is 4.79 Å². The van der Waals surface area contributed by atoms with Crippen molar-refractivity contribution in [2.75, 3.05) is 13.6 Å². The molecule has 8 heteroatoms. The summed E-state index contributed by atoms with van der Waals surface area (Å²) in [7, 11) is 0. The molecule has 0 saturated heterocycles. The normalized spacial score (nSPS) is 12.8. The third kappa shape index (κ3) is 6.09. The van der Waals surface area contributed by atoms with E-state index in [1.807, 2.05) is 77.7 Å². The zero-order valence-corrected chi connectivity index (χ0v) is 25.3. The molecule has 1 aromatic heterocycles. The lowest BCUT2D eigenvalue weighted by Crippen LogP contribution is -2.32. The summed E-state index contributed by atoms with van der Waals surface area (Å²) in [6.45, 7) is 4.16. The molecule has 0 radical (unpaired) electrons. The second-order valence-electron chi connectivity index (χ2n) is 11.3. The molecular weight excluding hydrogens is 566 g/mol. The van der Waals surface area contributed by atoms with Crippen molar-refractivity contribution in [2.24, 2.45) is 0 Å². The van der Waals surface area contributed by atoms with E-state index >= 15 is 0 Å². The first-order chi connectivity index (χ1) is 22.2. The maximum Gasteiger partial charge on any atom is 0.231 e. The number of carbonyl (C=O) groups excluding carboxylic acids is 1. The van der Waals surface area contributed by atoms with Crippen LogP contribution >= 0.6 is 0 Å². The summed E-state index contributed by atoms with van der Waals surface area (Å²) in [5.74, 6) is 3.70. The van der Waals surface area contributed by atoms with Gasteiger partial charge in [0.05, 0.1) is 17.8 Å². The molecule has 2 aliphatic rings. The van der Waals surface area contributed by atoms with Crippen molar-refractivity contribution in [3.8, 4) is 45.6 Å². The van der Waals surface area contributed by atoms with Gasteiger partial charge in [0.1, 0.15) is 5.82 Å². The number of ether oxygens (including phenoxy) is 4. The van der Waals surface area contributed by atoms with Crippen LogP contribution in [0.5, 0.6) is 23.0 Å². The number of unbranched alkanes of at least 4 members (excludes halogenated alkanes) is 1. The van der Waals surface area contributed by atoms with Crippen LogP contribution in [0.3, 0.4) is 0 Å². The first-order valence-corrected chi connectivity index (χ1v) is 15.4. The number of aromatic nitrogens is 2. The average molecular weight is 602 g/mol. The molecule has 8 nitrogen and oxygen atoms in total. The molecule has 0 saturated carbocycles. The van der Waals surface area contributed by atoms with E-state index in [9.17, 15) is 4.79 Å². The van der Waals surface area contributed by atoms with Crippen LogP contribution in [0.25, 0.3) is 22.6 Å². The highest BCUT2D eigenvalue weighted by Gasteiger charge is 2.26. The fraction of sp³-hybridized carbons (Fsp3) is 0.243. The Labute approximate surface area is 262 Å². The zero-order valence-electron chi connectivity index (χ0n) is 25.3. The van der Waals surface area contributed by atoms with Crippen LogP contribution in [0.15, 0.2) is 97.1 Å². The molecule has 0 aliphatic carbocycles. The summed E-state index contributed by atoms with van der Waals surface area (Å²) >= 11 is 0. The Hall–Kier alpha value is -5.24. The minimum absolute atomic E-state index is 0.000208. The molecule has 5 aromatic rings. The highest BCUT2D eigenvalue weighted by molar-refractivity contribution is 5.82. The quantitative estimate of drug-likeness (QED) is 0.159. The van der Waals surface area contributed by atoms with E-state index in [0.717, 1.165) is 58.9 Å². The maximum absolute atomic E-state index is 14.5. The first-order valence-electron chi connectivity index (χ1n) is 15.4. The lowest BCUT2D eigenvalue weighted by atomic mass is 10.1. The highest BCUT2D eigenvalue weighted by Crippen LogP contribution is 2.35. The van der Waals surface area contributed by atoms with Crippen molar-refractivity contribution in [3.05, 3.63) is 114 Å². The van der Waals surface area contributed by atoms with Crippen LogP contribution in [-0.2, 0) is 30.8 Å². The van der Waals surface area contributed by atoms with Gasteiger partial charge in [0, 0.05) is 30.8 Å². The number of benzene rings is 4. The van der Waals surface area contributed by atoms with E-state index in [4.69, 9.17) is 23.9 Å². The largest absolute Gasteiger partial charge is 0.454 e. The molecule has 2 aliphatic heterocycles. The standard InChI is InChI=1S/C37H35N3O5/c1-2-3-18-40-30(36(28-10-6-4-7-11-28)38-37(40)29-12-8-5-9-13-29)21-35(41)39(22-26-14-16-31-33(19-26)44-24-42-31)23-27-15-17-32-34(20-27)45-25-43-32/h4-17,19-20H,2-3,18,21-25H2,1H3. The van der Waals surface area contributed by atoms with Gasteiger partial charge in [-0.1, -0.05) is 86.1 Å². The molecule has 4 aromatic carbocycles. The number of hydrogen-bond donors (Lipinski definition) is 0. The Morgan fingerprint density at radius 1 is 0.733 bits per heavy atom. The smallest absolute Gasteiger partial charge is 0.231 e. The summed E-state index contributed by atoms with van der Waals surface area (Å²) in [6.07, 6.45) is 2.20. The number of rotatable bonds is 11. The van der Waals surface area contributed by atoms with Gasteiger partial charge in [0.15, 0.2) is 23.0 Å². The number of amides is 1. The Morgan fingerprint density at radius 2 is 1.29 bits per heavy atom. The van der Waals surface area contributed by atoms with Crippen LogP contribution < -0.4 is 18.9 Å². The van der Waals surface area contributed by atoms with E-state index in [0.29, 0.717) is 36.1 Å². The highest BCUT2D eigenvalue weighted by atomic mass is 16.7. The Kier molecular flexibility index (Phi) is 8.10. The molecule has 0 unspecified atom stereocenters. The van der Waals surface area contributed by atoms with Crippen LogP contribution in [0.1, 0.15) is 36.6 Å². The number of nitrogens with zero attached hydrogens (tertiary/aromatic N) is 3. The van der Waals surface area contributed by atoms with Crippen molar-refractivity contribution < 1.29 is 23.7 Å². The lowest BCUT2D eigenvalue weighted by Gasteiger charge is -2.24. The van der Waals surface area contributed by atoms with Gasteiger partial charge in [0.25, 0.3) is 0 Å². The molecule has 0 N–H and O–H groups in total. The van der Waals surface area contributed by atoms with Crippen LogP contribution in [0, 0.1) is 0 Å². The van der Waals surface area contributed by atoms with Crippen molar-refractivity contribution in [1.29, 1.82) is 0 Å². The van der Waals surface area contributed by atoms with Crippen LogP contribution in [0.2, 0.25) is 0 Å². The van der Waals surface area contributed by atoms with Gasteiger partial charge in [-0.25, -0.2) is 4.98 Å². The van der Waals surface area contributed by atoms with Crippen molar-refractivity contribution in [1.82, 2.24) is 14.5 Å². The molecule has 1 amide bonds. The van der Waals surface area contributed by atoms with E-state index in [2.05, 4.69) is 35.8 Å². The van der Waals surface area contributed by atoms with E-state index < -0.39 is 0 Å². The SMILES string of the molecule is CCCCn1c(-c2ccccc2)nc(-c2ccccc2)c1CC(=O)N(Cc1ccc2c(c1)OCO2)Cc1ccc2c(c1)OCO2. The molecule has 3 heterocycles. The molecule has 0 bridgehead atoms.